The molecule has 2 atom stereocenters. The second-order valence-electron chi connectivity index (χ2n) is 11.3. The van der Waals surface area contributed by atoms with E-state index in [1.807, 2.05) is 18.2 Å². The standard InChI is InChI=1S/C35H32ClN5O5/c1-40-20-25(31(39-40)28-19-26(36)13-16-30(28)42)10-7-22-8-14-27(15-9-22)37-34(44)29-21-46-18-17-41(29)35(45)32(23-5-3-2-4-6-23)38-33(43)24-11-12-24/h2-6,8-9,13-16,19-20,24,29,32,42H,11-12,17-18,21H2,1H3,(H,37,44)(H,38,43)/t29-,32+/m0/s1. The minimum Gasteiger partial charge on any atom is -0.507 e. The lowest BCUT2D eigenvalue weighted by Crippen LogP contribution is -2.57. The van der Waals surface area contributed by atoms with Crippen LogP contribution in [0.1, 0.15) is 35.6 Å². The van der Waals surface area contributed by atoms with Gasteiger partial charge >= 0.3 is 0 Å². The average Bonchev–Trinajstić information content (AvgIpc) is 3.86. The van der Waals surface area contributed by atoms with Crippen molar-refractivity contribution in [3.05, 3.63) is 101 Å². The summed E-state index contributed by atoms with van der Waals surface area (Å²) < 4.78 is 7.21. The van der Waals surface area contributed by atoms with Gasteiger partial charge in [-0.2, -0.15) is 5.10 Å². The number of amides is 3. The number of morpholine rings is 1. The Balaban J connectivity index is 1.16. The second-order valence-corrected chi connectivity index (χ2v) is 11.7. The van der Waals surface area contributed by atoms with E-state index < -0.39 is 18.0 Å². The van der Waals surface area contributed by atoms with Crippen LogP contribution in [0.25, 0.3) is 11.3 Å². The molecule has 2 heterocycles. The molecule has 1 aliphatic heterocycles. The average molecular weight is 638 g/mol. The first-order chi connectivity index (χ1) is 22.3. The van der Waals surface area contributed by atoms with Gasteiger partial charge in [-0.1, -0.05) is 53.8 Å². The van der Waals surface area contributed by atoms with Gasteiger partial charge in [-0.15, -0.1) is 0 Å². The summed E-state index contributed by atoms with van der Waals surface area (Å²) in [5, 5.41) is 21.1. The smallest absolute Gasteiger partial charge is 0.250 e. The van der Waals surface area contributed by atoms with Gasteiger partial charge in [-0.05, 0) is 60.9 Å². The molecule has 10 nitrogen and oxygen atoms in total. The zero-order chi connectivity index (χ0) is 32.2. The number of nitrogens with one attached hydrogen (secondary N) is 2. The fraction of sp³-hybridized carbons (Fsp3) is 0.257. The van der Waals surface area contributed by atoms with Gasteiger partial charge in [0.1, 0.15) is 23.5 Å². The Morgan fingerprint density at radius 3 is 2.52 bits per heavy atom. The van der Waals surface area contributed by atoms with Crippen molar-refractivity contribution in [1.29, 1.82) is 0 Å². The Kier molecular flexibility index (Phi) is 9.06. The Morgan fingerprint density at radius 2 is 1.78 bits per heavy atom. The van der Waals surface area contributed by atoms with Crippen molar-refractivity contribution in [3.8, 4) is 28.8 Å². The maximum Gasteiger partial charge on any atom is 0.250 e. The highest BCUT2D eigenvalue weighted by atomic mass is 35.5. The third-order valence-corrected chi connectivity index (χ3v) is 8.10. The van der Waals surface area contributed by atoms with Crippen LogP contribution >= 0.6 is 11.6 Å². The monoisotopic (exact) mass is 637 g/mol. The third-order valence-electron chi connectivity index (χ3n) is 7.87. The molecule has 11 heteroatoms. The molecule has 0 spiro atoms. The molecular weight excluding hydrogens is 606 g/mol. The number of carbonyl (C=O) groups excluding carboxylic acids is 3. The molecule has 234 valence electrons. The van der Waals surface area contributed by atoms with E-state index in [0.717, 1.165) is 12.8 Å². The fourth-order valence-electron chi connectivity index (χ4n) is 5.27. The van der Waals surface area contributed by atoms with Gasteiger partial charge in [0.25, 0.3) is 5.91 Å². The number of nitrogens with zero attached hydrogens (tertiary/aromatic N) is 3. The first kappa shape index (κ1) is 30.9. The number of hydrogen-bond acceptors (Lipinski definition) is 6. The summed E-state index contributed by atoms with van der Waals surface area (Å²) in [7, 11) is 1.77. The molecule has 1 aliphatic carbocycles. The van der Waals surface area contributed by atoms with Crippen molar-refractivity contribution >= 4 is 35.0 Å². The summed E-state index contributed by atoms with van der Waals surface area (Å²) in [5.41, 5.74) is 3.48. The van der Waals surface area contributed by atoms with E-state index in [2.05, 4.69) is 27.6 Å². The first-order valence-electron chi connectivity index (χ1n) is 15.0. The van der Waals surface area contributed by atoms with E-state index >= 15 is 0 Å². The molecule has 2 fully saturated rings. The van der Waals surface area contributed by atoms with Crippen LogP contribution < -0.4 is 10.6 Å². The lowest BCUT2D eigenvalue weighted by atomic mass is 10.0. The number of aromatic hydroxyl groups is 1. The summed E-state index contributed by atoms with van der Waals surface area (Å²) in [6.07, 6.45) is 3.38. The summed E-state index contributed by atoms with van der Waals surface area (Å²) in [5.74, 6) is 5.29. The van der Waals surface area contributed by atoms with Crippen molar-refractivity contribution in [2.75, 3.05) is 25.1 Å². The van der Waals surface area contributed by atoms with Gasteiger partial charge < -0.3 is 25.4 Å². The number of rotatable bonds is 7. The highest BCUT2D eigenvalue weighted by Gasteiger charge is 2.39. The van der Waals surface area contributed by atoms with Crippen LogP contribution in [0.4, 0.5) is 5.69 Å². The quantitative estimate of drug-likeness (QED) is 0.260. The van der Waals surface area contributed by atoms with E-state index in [1.165, 1.54) is 11.0 Å². The van der Waals surface area contributed by atoms with Gasteiger partial charge in [0.05, 0.1) is 18.8 Å². The number of halogens is 1. The Bertz CT molecular complexity index is 1830. The lowest BCUT2D eigenvalue weighted by molar-refractivity contribution is -0.149. The van der Waals surface area contributed by atoms with Crippen LogP contribution in [0, 0.1) is 17.8 Å². The number of anilines is 1. The normalized spacial score (nSPS) is 16.6. The minimum absolute atomic E-state index is 0.0365. The van der Waals surface area contributed by atoms with Crippen LogP contribution in [-0.2, 0) is 26.2 Å². The summed E-state index contributed by atoms with van der Waals surface area (Å²) in [6.45, 7) is 0.544. The SMILES string of the molecule is Cn1cc(C#Cc2ccc(NC(=O)[C@@H]3COCCN3C(=O)[C@H](NC(=O)C3CC3)c3ccccc3)cc2)c(-c2cc(Cl)ccc2O)n1. The number of ether oxygens (including phenoxy) is 1. The minimum atomic E-state index is -0.899. The van der Waals surface area contributed by atoms with Gasteiger partial charge in [-0.25, -0.2) is 0 Å². The topological polar surface area (TPSA) is 126 Å². The van der Waals surface area contributed by atoms with Gasteiger partial charge in [-0.3, -0.25) is 19.1 Å². The maximum atomic E-state index is 13.9. The van der Waals surface area contributed by atoms with E-state index in [-0.39, 0.29) is 43.2 Å². The van der Waals surface area contributed by atoms with Crippen LogP contribution in [0.2, 0.25) is 5.02 Å². The second kappa shape index (κ2) is 13.5. The first-order valence-corrected chi connectivity index (χ1v) is 15.3. The van der Waals surface area contributed by atoms with Crippen molar-refractivity contribution in [2.24, 2.45) is 13.0 Å². The molecule has 4 aromatic rings. The number of phenolic OH excluding ortho intramolecular Hbond substituents is 1. The molecule has 1 aromatic heterocycles. The van der Waals surface area contributed by atoms with Gasteiger partial charge in [0.2, 0.25) is 11.8 Å². The highest BCUT2D eigenvalue weighted by molar-refractivity contribution is 6.31. The van der Waals surface area contributed by atoms with E-state index in [0.29, 0.717) is 38.7 Å². The molecule has 1 saturated carbocycles. The molecule has 2 aliphatic rings. The molecule has 3 N–H and O–H groups in total. The molecule has 0 radical (unpaired) electrons. The molecule has 46 heavy (non-hydrogen) atoms. The Labute approximate surface area is 271 Å². The lowest BCUT2D eigenvalue weighted by Gasteiger charge is -2.37. The van der Waals surface area contributed by atoms with Crippen LogP contribution in [-0.4, -0.2) is 63.3 Å². The van der Waals surface area contributed by atoms with Crippen molar-refractivity contribution in [2.45, 2.75) is 24.9 Å². The van der Waals surface area contributed by atoms with Crippen LogP contribution in [0.15, 0.2) is 79.0 Å². The summed E-state index contributed by atoms with van der Waals surface area (Å²) >= 11 is 6.14. The zero-order valence-corrected chi connectivity index (χ0v) is 25.8. The third kappa shape index (κ3) is 7.07. The van der Waals surface area contributed by atoms with Crippen LogP contribution in [0.3, 0.4) is 0 Å². The molecule has 3 aromatic carbocycles. The largest absolute Gasteiger partial charge is 0.507 e. The molecule has 1 saturated heterocycles. The molecular formula is C35H32ClN5O5. The zero-order valence-electron chi connectivity index (χ0n) is 25.1. The van der Waals surface area contributed by atoms with E-state index in [9.17, 15) is 19.5 Å². The number of carbonyl (C=O) groups is 3. The van der Waals surface area contributed by atoms with Crippen molar-refractivity contribution in [1.82, 2.24) is 20.0 Å². The maximum absolute atomic E-state index is 13.9. The van der Waals surface area contributed by atoms with Crippen molar-refractivity contribution in [3.63, 3.8) is 0 Å². The molecule has 0 bridgehead atoms. The molecule has 6 rings (SSSR count). The number of hydrogen-bond donors (Lipinski definition) is 3. The number of benzene rings is 3. The van der Waals surface area contributed by atoms with Gasteiger partial charge in [0, 0.05) is 47.5 Å². The molecule has 3 amide bonds. The van der Waals surface area contributed by atoms with E-state index in [1.54, 1.807) is 66.5 Å². The van der Waals surface area contributed by atoms with E-state index in [4.69, 9.17) is 16.3 Å². The Morgan fingerprint density at radius 1 is 1.02 bits per heavy atom. The number of aryl methyl sites for hydroxylation is 1. The summed E-state index contributed by atoms with van der Waals surface area (Å²) in [4.78, 5) is 41.5. The van der Waals surface area contributed by atoms with Crippen LogP contribution in [0.5, 0.6) is 5.75 Å². The highest BCUT2D eigenvalue weighted by Crippen LogP contribution is 2.33. The van der Waals surface area contributed by atoms with Gasteiger partial charge in [0.15, 0.2) is 0 Å². The number of aromatic nitrogens is 2. The number of phenols is 1. The fourth-order valence-corrected chi connectivity index (χ4v) is 5.44. The summed E-state index contributed by atoms with van der Waals surface area (Å²) in [6, 6.07) is 19.1. The Hall–Kier alpha value is -5.11. The van der Waals surface area contributed by atoms with Crippen molar-refractivity contribution < 1.29 is 24.2 Å². The predicted octanol–water partition coefficient (Wildman–Crippen LogP) is 4.28. The molecule has 0 unspecified atom stereocenters. The predicted molar refractivity (Wildman–Crippen MR) is 173 cm³/mol.